The molecule has 22 heavy (non-hydrogen) atoms. The summed E-state index contributed by atoms with van der Waals surface area (Å²) in [5.74, 6) is -0.779. The smallest absolute Gasteiger partial charge is 0.310 e. The van der Waals surface area contributed by atoms with Gasteiger partial charge in [-0.05, 0) is 25.7 Å². The molecule has 0 bridgehead atoms. The lowest BCUT2D eigenvalue weighted by molar-refractivity contribution is -0.148. The Morgan fingerprint density at radius 2 is 1.09 bits per heavy atom. The maximum atomic E-state index is 11.8. The third-order valence-corrected chi connectivity index (χ3v) is 4.83. The standard InChI is InChI=1S/C16H26N2O4/c1-21-15(19)11-7-3-5-9-13(11)17-18-14-10-6-4-8-12(14)16(20)22-2/h11-14H,3-10H2,1-2H3. The van der Waals surface area contributed by atoms with Crippen LogP contribution in [0.15, 0.2) is 10.2 Å². The first-order valence-corrected chi connectivity index (χ1v) is 8.23. The number of hydrogen-bond donors (Lipinski definition) is 0. The SMILES string of the molecule is COC(=O)C1CCCCC1N=NC1CCCCC1C(=O)OC. The first-order chi connectivity index (χ1) is 10.7. The number of azo groups is 1. The van der Waals surface area contributed by atoms with E-state index in [2.05, 4.69) is 10.2 Å². The molecular weight excluding hydrogens is 284 g/mol. The Bertz CT molecular complexity index is 386. The fourth-order valence-electron chi connectivity index (χ4n) is 3.52. The second-order valence-electron chi connectivity index (χ2n) is 6.19. The first-order valence-electron chi connectivity index (χ1n) is 8.23. The summed E-state index contributed by atoms with van der Waals surface area (Å²) >= 11 is 0. The van der Waals surface area contributed by atoms with Gasteiger partial charge in [-0.1, -0.05) is 25.7 Å². The molecule has 2 aliphatic carbocycles. The van der Waals surface area contributed by atoms with Gasteiger partial charge in [-0.15, -0.1) is 0 Å². The van der Waals surface area contributed by atoms with Crippen molar-refractivity contribution in [2.75, 3.05) is 14.2 Å². The molecule has 124 valence electrons. The zero-order valence-electron chi connectivity index (χ0n) is 13.5. The van der Waals surface area contributed by atoms with Gasteiger partial charge in [0.1, 0.15) is 0 Å². The number of methoxy groups -OCH3 is 2. The third-order valence-electron chi connectivity index (χ3n) is 4.83. The summed E-state index contributed by atoms with van der Waals surface area (Å²) in [6.45, 7) is 0. The largest absolute Gasteiger partial charge is 0.469 e. The van der Waals surface area contributed by atoms with Crippen molar-refractivity contribution in [3.05, 3.63) is 0 Å². The van der Waals surface area contributed by atoms with Gasteiger partial charge in [0.2, 0.25) is 0 Å². The first kappa shape index (κ1) is 16.9. The molecule has 0 heterocycles. The quantitative estimate of drug-likeness (QED) is 0.591. The summed E-state index contributed by atoms with van der Waals surface area (Å²) in [6, 6.07) is -0.220. The molecule has 2 aliphatic rings. The lowest BCUT2D eigenvalue weighted by Gasteiger charge is -2.28. The van der Waals surface area contributed by atoms with Crippen molar-refractivity contribution in [2.45, 2.75) is 63.5 Å². The van der Waals surface area contributed by atoms with Crippen molar-refractivity contribution in [1.29, 1.82) is 0 Å². The van der Waals surface area contributed by atoms with E-state index in [9.17, 15) is 9.59 Å². The van der Waals surface area contributed by atoms with Gasteiger partial charge in [0.05, 0.1) is 38.1 Å². The van der Waals surface area contributed by atoms with Gasteiger partial charge in [0.15, 0.2) is 0 Å². The average molecular weight is 310 g/mol. The minimum Gasteiger partial charge on any atom is -0.469 e. The van der Waals surface area contributed by atoms with Crippen LogP contribution in [0.1, 0.15) is 51.4 Å². The van der Waals surface area contributed by atoms with Crippen LogP contribution < -0.4 is 0 Å². The number of ether oxygens (including phenoxy) is 2. The maximum Gasteiger partial charge on any atom is 0.310 e. The van der Waals surface area contributed by atoms with Gasteiger partial charge in [0, 0.05) is 0 Å². The van der Waals surface area contributed by atoms with Crippen molar-refractivity contribution < 1.29 is 19.1 Å². The van der Waals surface area contributed by atoms with Gasteiger partial charge in [-0.3, -0.25) is 9.59 Å². The predicted molar refractivity (Wildman–Crippen MR) is 80.4 cm³/mol. The molecule has 0 N–H and O–H groups in total. The monoisotopic (exact) mass is 310 g/mol. The van der Waals surface area contributed by atoms with Gasteiger partial charge in [0.25, 0.3) is 0 Å². The van der Waals surface area contributed by atoms with Crippen molar-refractivity contribution in [3.63, 3.8) is 0 Å². The summed E-state index contributed by atoms with van der Waals surface area (Å²) in [5.41, 5.74) is 0. The minimum absolute atomic E-state index is 0.110. The van der Waals surface area contributed by atoms with Gasteiger partial charge < -0.3 is 9.47 Å². The van der Waals surface area contributed by atoms with Crippen LogP contribution in [0.3, 0.4) is 0 Å². The zero-order chi connectivity index (χ0) is 15.9. The van der Waals surface area contributed by atoms with Crippen molar-refractivity contribution in [1.82, 2.24) is 0 Å². The number of carbonyl (C=O) groups is 2. The van der Waals surface area contributed by atoms with Crippen LogP contribution in [0.4, 0.5) is 0 Å². The molecule has 0 aliphatic heterocycles. The molecule has 6 heteroatoms. The number of carbonyl (C=O) groups excluding carboxylic acids is 2. The average Bonchev–Trinajstić information content (AvgIpc) is 2.59. The molecule has 2 fully saturated rings. The van der Waals surface area contributed by atoms with E-state index in [0.717, 1.165) is 51.4 Å². The van der Waals surface area contributed by atoms with E-state index in [1.54, 1.807) is 0 Å². The minimum atomic E-state index is -0.197. The molecule has 0 amide bonds. The van der Waals surface area contributed by atoms with Crippen molar-refractivity contribution in [2.24, 2.45) is 22.1 Å². The molecule has 4 unspecified atom stereocenters. The van der Waals surface area contributed by atoms with Crippen LogP contribution in [-0.4, -0.2) is 38.2 Å². The molecule has 0 spiro atoms. The number of rotatable bonds is 4. The Hall–Kier alpha value is -1.46. The molecule has 0 saturated heterocycles. The number of hydrogen-bond acceptors (Lipinski definition) is 6. The van der Waals surface area contributed by atoms with Crippen molar-refractivity contribution >= 4 is 11.9 Å². The summed E-state index contributed by atoms with van der Waals surface area (Å²) in [4.78, 5) is 23.7. The molecule has 0 aromatic rings. The van der Waals surface area contributed by atoms with E-state index in [0.29, 0.717) is 0 Å². The summed E-state index contributed by atoms with van der Waals surface area (Å²) in [7, 11) is 2.83. The van der Waals surface area contributed by atoms with E-state index in [1.165, 1.54) is 14.2 Å². The molecular formula is C16H26N2O4. The Morgan fingerprint density at radius 1 is 0.727 bits per heavy atom. The van der Waals surface area contributed by atoms with E-state index in [-0.39, 0.29) is 35.9 Å². The predicted octanol–water partition coefficient (Wildman–Crippen LogP) is 2.90. The summed E-state index contributed by atoms with van der Waals surface area (Å²) in [5, 5.41) is 8.88. The zero-order valence-corrected chi connectivity index (χ0v) is 13.5. The molecule has 0 radical (unpaired) electrons. The molecule has 2 saturated carbocycles. The maximum absolute atomic E-state index is 11.8. The fourth-order valence-corrected chi connectivity index (χ4v) is 3.52. The fraction of sp³-hybridized carbons (Fsp3) is 0.875. The van der Waals surface area contributed by atoms with Crippen LogP contribution >= 0.6 is 0 Å². The molecule has 6 nitrogen and oxygen atoms in total. The highest BCUT2D eigenvalue weighted by atomic mass is 16.5. The second kappa shape index (κ2) is 8.25. The van der Waals surface area contributed by atoms with Crippen LogP contribution in [0.2, 0.25) is 0 Å². The van der Waals surface area contributed by atoms with E-state index in [4.69, 9.17) is 9.47 Å². The molecule has 4 atom stereocenters. The number of nitrogens with zero attached hydrogens (tertiary/aromatic N) is 2. The topological polar surface area (TPSA) is 77.3 Å². The second-order valence-corrected chi connectivity index (χ2v) is 6.19. The molecule has 2 rings (SSSR count). The Balaban J connectivity index is 2.03. The van der Waals surface area contributed by atoms with E-state index in [1.807, 2.05) is 0 Å². The van der Waals surface area contributed by atoms with Crippen LogP contribution in [0, 0.1) is 11.8 Å². The van der Waals surface area contributed by atoms with E-state index >= 15 is 0 Å². The van der Waals surface area contributed by atoms with Gasteiger partial charge in [-0.25, -0.2) is 0 Å². The Morgan fingerprint density at radius 3 is 1.45 bits per heavy atom. The van der Waals surface area contributed by atoms with Crippen LogP contribution in [0.25, 0.3) is 0 Å². The van der Waals surface area contributed by atoms with Crippen LogP contribution in [0.5, 0.6) is 0 Å². The highest BCUT2D eigenvalue weighted by molar-refractivity contribution is 5.73. The van der Waals surface area contributed by atoms with E-state index < -0.39 is 0 Å². The third kappa shape index (κ3) is 4.05. The lowest BCUT2D eigenvalue weighted by Crippen LogP contribution is -2.33. The Labute approximate surface area is 131 Å². The summed E-state index contributed by atoms with van der Waals surface area (Å²) in [6.07, 6.45) is 7.51. The Kier molecular flexibility index (Phi) is 6.34. The number of esters is 2. The van der Waals surface area contributed by atoms with Crippen molar-refractivity contribution in [3.8, 4) is 0 Å². The van der Waals surface area contributed by atoms with Gasteiger partial charge in [-0.2, -0.15) is 10.2 Å². The highest BCUT2D eigenvalue weighted by Crippen LogP contribution is 2.31. The van der Waals surface area contributed by atoms with Gasteiger partial charge >= 0.3 is 11.9 Å². The normalized spacial score (nSPS) is 32.6. The highest BCUT2D eigenvalue weighted by Gasteiger charge is 2.34. The molecule has 0 aromatic heterocycles. The van der Waals surface area contributed by atoms with Crippen LogP contribution in [-0.2, 0) is 19.1 Å². The summed E-state index contributed by atoms with van der Waals surface area (Å²) < 4.78 is 9.75. The molecule has 0 aromatic carbocycles. The lowest BCUT2D eigenvalue weighted by atomic mass is 9.84.